The monoisotopic (exact) mass is 505 g/mol. The molecule has 5 rings (SSSR count). The molecule has 38 heavy (non-hydrogen) atoms. The molecule has 1 aromatic heterocycles. The van der Waals surface area contributed by atoms with Gasteiger partial charge in [0, 0.05) is 5.56 Å². The lowest BCUT2D eigenvalue weighted by atomic mass is 10.1. The molecule has 2 heterocycles. The minimum Gasteiger partial charge on any atom is -0.496 e. The van der Waals surface area contributed by atoms with Gasteiger partial charge in [0.2, 0.25) is 0 Å². The van der Waals surface area contributed by atoms with Gasteiger partial charge in [0.25, 0.3) is 11.5 Å². The third-order valence-electron chi connectivity index (χ3n) is 6.27. The Morgan fingerprint density at radius 3 is 2.37 bits per heavy atom. The lowest BCUT2D eigenvalue weighted by Crippen LogP contribution is -2.30. The molecule has 3 aromatic carbocycles. The van der Waals surface area contributed by atoms with E-state index in [9.17, 15) is 14.4 Å². The first kappa shape index (κ1) is 24.3. The number of carbonyl (C=O) groups is 2. The van der Waals surface area contributed by atoms with Crippen LogP contribution in [0.4, 0.5) is 4.79 Å². The summed E-state index contributed by atoms with van der Waals surface area (Å²) in [7, 11) is 1.54. The molecular formula is C29H23N5O4. The van der Waals surface area contributed by atoms with Gasteiger partial charge in [-0.3, -0.25) is 19.6 Å². The molecule has 0 spiro atoms. The van der Waals surface area contributed by atoms with Gasteiger partial charge in [-0.05, 0) is 55.0 Å². The Morgan fingerprint density at radius 1 is 0.974 bits per heavy atom. The van der Waals surface area contributed by atoms with Crippen molar-refractivity contribution in [3.8, 4) is 28.8 Å². The maximum Gasteiger partial charge on any atom is 0.329 e. The first-order valence-electron chi connectivity index (χ1n) is 11.8. The lowest BCUT2D eigenvalue weighted by Gasteiger charge is -2.11. The summed E-state index contributed by atoms with van der Waals surface area (Å²) >= 11 is 0. The fraction of sp³-hybridized carbons (Fsp3) is 0.103. The van der Waals surface area contributed by atoms with Crippen molar-refractivity contribution in [1.82, 2.24) is 20.0 Å². The molecule has 1 fully saturated rings. The number of rotatable bonds is 6. The summed E-state index contributed by atoms with van der Waals surface area (Å²) in [5, 5.41) is 14.7. The second-order valence-electron chi connectivity index (χ2n) is 8.77. The first-order chi connectivity index (χ1) is 18.4. The van der Waals surface area contributed by atoms with Crippen LogP contribution in [0.5, 0.6) is 5.75 Å². The predicted molar refractivity (Wildman–Crippen MR) is 141 cm³/mol. The van der Waals surface area contributed by atoms with Crippen LogP contribution in [-0.4, -0.2) is 33.7 Å². The minimum atomic E-state index is -0.598. The number of amides is 3. The fourth-order valence-electron chi connectivity index (χ4n) is 4.24. The number of carbonyl (C=O) groups excluding carboxylic acids is 2. The normalized spacial score (nSPS) is 14.0. The molecule has 2 N–H and O–H groups in total. The van der Waals surface area contributed by atoms with Crippen LogP contribution in [0, 0.1) is 18.3 Å². The van der Waals surface area contributed by atoms with Crippen LogP contribution in [-0.2, 0) is 11.3 Å². The molecule has 0 radical (unpaired) electrons. The van der Waals surface area contributed by atoms with E-state index in [0.29, 0.717) is 33.8 Å². The van der Waals surface area contributed by atoms with E-state index in [4.69, 9.17) is 10.00 Å². The number of aromatic nitrogens is 2. The zero-order valence-corrected chi connectivity index (χ0v) is 20.7. The Morgan fingerprint density at radius 2 is 1.68 bits per heavy atom. The number of aryl methyl sites for hydroxylation is 1. The second-order valence-corrected chi connectivity index (χ2v) is 8.77. The Balaban J connectivity index is 1.58. The van der Waals surface area contributed by atoms with Crippen LogP contribution in [0.2, 0.25) is 0 Å². The summed E-state index contributed by atoms with van der Waals surface area (Å²) in [5.41, 5.74) is 3.66. The van der Waals surface area contributed by atoms with E-state index in [1.807, 2.05) is 49.4 Å². The van der Waals surface area contributed by atoms with E-state index in [1.54, 1.807) is 36.4 Å². The van der Waals surface area contributed by atoms with Crippen molar-refractivity contribution < 1.29 is 14.3 Å². The van der Waals surface area contributed by atoms with Crippen LogP contribution < -0.4 is 15.6 Å². The molecule has 1 aliphatic rings. The number of urea groups is 1. The Bertz CT molecular complexity index is 1670. The van der Waals surface area contributed by atoms with Crippen molar-refractivity contribution in [2.24, 2.45) is 0 Å². The first-order valence-corrected chi connectivity index (χ1v) is 11.8. The van der Waals surface area contributed by atoms with Gasteiger partial charge >= 0.3 is 6.03 Å². The molecule has 3 amide bonds. The average molecular weight is 506 g/mol. The van der Waals surface area contributed by atoms with Crippen molar-refractivity contribution in [3.05, 3.63) is 111 Å². The van der Waals surface area contributed by atoms with Crippen molar-refractivity contribution in [1.29, 1.82) is 5.26 Å². The third kappa shape index (κ3) is 4.47. The highest BCUT2D eigenvalue weighted by atomic mass is 16.5. The molecule has 188 valence electrons. The van der Waals surface area contributed by atoms with Gasteiger partial charge in [0.15, 0.2) is 0 Å². The summed E-state index contributed by atoms with van der Waals surface area (Å²) in [5.74, 6) is -0.0264. The molecule has 0 bridgehead atoms. The molecule has 0 atom stereocenters. The highest BCUT2D eigenvalue weighted by Crippen LogP contribution is 2.31. The Kier molecular flexibility index (Phi) is 6.37. The minimum absolute atomic E-state index is 0.0213. The van der Waals surface area contributed by atoms with Crippen molar-refractivity contribution in [2.45, 2.75) is 13.5 Å². The maximum atomic E-state index is 13.6. The third-order valence-corrected chi connectivity index (χ3v) is 6.27. The zero-order chi connectivity index (χ0) is 26.8. The highest BCUT2D eigenvalue weighted by Gasteiger charge is 2.34. The number of hydrogen-bond acceptors (Lipinski definition) is 5. The number of ether oxygens (including phenoxy) is 1. The van der Waals surface area contributed by atoms with Gasteiger partial charge in [-0.1, -0.05) is 42.0 Å². The largest absolute Gasteiger partial charge is 0.496 e. The fourth-order valence-corrected chi connectivity index (χ4v) is 4.24. The lowest BCUT2D eigenvalue weighted by molar-refractivity contribution is -0.123. The quantitative estimate of drug-likeness (QED) is 0.302. The number of H-pyrrole nitrogens is 1. The number of nitriles is 1. The Labute approximate surface area is 218 Å². The topological polar surface area (TPSA) is 120 Å². The number of para-hydroxylation sites is 1. The number of imide groups is 1. The van der Waals surface area contributed by atoms with Crippen LogP contribution in [0.15, 0.2) is 83.3 Å². The highest BCUT2D eigenvalue weighted by molar-refractivity contribution is 6.14. The molecule has 9 heteroatoms. The van der Waals surface area contributed by atoms with Gasteiger partial charge in [0.1, 0.15) is 11.4 Å². The number of benzene rings is 3. The molecule has 1 saturated heterocycles. The van der Waals surface area contributed by atoms with Gasteiger partial charge in [-0.15, -0.1) is 0 Å². The van der Waals surface area contributed by atoms with Crippen LogP contribution in [0.1, 0.15) is 22.3 Å². The van der Waals surface area contributed by atoms with Crippen molar-refractivity contribution in [2.75, 3.05) is 7.11 Å². The summed E-state index contributed by atoms with van der Waals surface area (Å²) in [4.78, 5) is 40.6. The summed E-state index contributed by atoms with van der Waals surface area (Å²) in [6.45, 7) is 1.98. The smallest absolute Gasteiger partial charge is 0.329 e. The maximum absolute atomic E-state index is 13.6. The summed E-state index contributed by atoms with van der Waals surface area (Å²) < 4.78 is 6.91. The molecule has 0 saturated carbocycles. The second kappa shape index (κ2) is 9.95. The van der Waals surface area contributed by atoms with Crippen molar-refractivity contribution >= 4 is 18.0 Å². The van der Waals surface area contributed by atoms with Crippen molar-refractivity contribution in [3.63, 3.8) is 0 Å². The van der Waals surface area contributed by atoms with Crippen LogP contribution in [0.3, 0.4) is 0 Å². The van der Waals surface area contributed by atoms with E-state index in [1.165, 1.54) is 17.9 Å². The molecular weight excluding hydrogens is 482 g/mol. The SMILES string of the molecule is COc1ccccc1-c1[nH]n(-c2ccc(C)cc2)c(=O)c1/C=C1\NC(=O)N(Cc2ccc(C#N)cc2)C1=O. The standard InChI is InChI=1S/C29H23N5O4/c1-18-7-13-21(14-8-18)34-27(35)23(26(32-34)22-5-3-4-6-25(22)38-2)15-24-28(36)33(29(37)31-24)17-20-11-9-19(16-30)10-12-20/h3-15,32H,17H2,1-2H3,(H,31,37)/b24-15-. The van der Waals surface area contributed by atoms with Crippen LogP contribution in [0.25, 0.3) is 23.0 Å². The molecule has 0 unspecified atom stereocenters. The van der Waals surface area contributed by atoms with Crippen LogP contribution >= 0.6 is 0 Å². The average Bonchev–Trinajstić information content (AvgIpc) is 3.40. The number of nitrogens with zero attached hydrogens (tertiary/aromatic N) is 3. The molecule has 9 nitrogen and oxygen atoms in total. The number of methoxy groups -OCH3 is 1. The summed E-state index contributed by atoms with van der Waals surface area (Å²) in [6, 6.07) is 22.7. The van der Waals surface area contributed by atoms with E-state index in [-0.39, 0.29) is 17.8 Å². The number of nitrogens with one attached hydrogen (secondary N) is 2. The van der Waals surface area contributed by atoms with E-state index in [2.05, 4.69) is 10.4 Å². The van der Waals surface area contributed by atoms with E-state index >= 15 is 0 Å². The number of aromatic amines is 1. The predicted octanol–water partition coefficient (Wildman–Crippen LogP) is 4.11. The van der Waals surface area contributed by atoms with Gasteiger partial charge in [-0.2, -0.15) is 5.26 Å². The zero-order valence-electron chi connectivity index (χ0n) is 20.7. The summed E-state index contributed by atoms with van der Waals surface area (Å²) in [6.07, 6.45) is 1.39. The Hall–Kier alpha value is -5.36. The molecule has 1 aliphatic heterocycles. The van der Waals surface area contributed by atoms with E-state index in [0.717, 1.165) is 10.5 Å². The molecule has 4 aromatic rings. The van der Waals surface area contributed by atoms with E-state index < -0.39 is 17.5 Å². The van der Waals surface area contributed by atoms with Gasteiger partial charge in [0.05, 0.1) is 42.2 Å². The van der Waals surface area contributed by atoms with Gasteiger partial charge in [-0.25, -0.2) is 9.48 Å². The molecule has 0 aliphatic carbocycles. The number of hydrogen-bond donors (Lipinski definition) is 2. The van der Waals surface area contributed by atoms with Gasteiger partial charge < -0.3 is 10.1 Å².